The molecule has 0 aliphatic carbocycles. The monoisotopic (exact) mass is 490 g/mol. The van der Waals surface area contributed by atoms with Gasteiger partial charge in [0.25, 0.3) is 0 Å². The van der Waals surface area contributed by atoms with Crippen LogP contribution in [0.1, 0.15) is 142 Å². The Morgan fingerprint density at radius 2 is 0.656 bits per heavy atom. The van der Waals surface area contributed by atoms with E-state index in [1.165, 1.54) is 128 Å². The van der Waals surface area contributed by atoms with Crippen LogP contribution < -0.4 is 0 Å². The van der Waals surface area contributed by atoms with Crippen LogP contribution in [-0.2, 0) is 0 Å². The molecule has 194 valence electrons. The molecule has 4 heteroatoms. The first-order valence-corrected chi connectivity index (χ1v) is 16.3. The Morgan fingerprint density at radius 1 is 0.406 bits per heavy atom. The SMILES string of the molecule is CCCCCCCCCCCCSC(CO)C(CO)SCCCCCCCCCCCC. The number of aliphatic hydroxyl groups is 2. The van der Waals surface area contributed by atoms with Gasteiger partial charge in [0.2, 0.25) is 0 Å². The zero-order chi connectivity index (χ0) is 23.5. The second-order valence-corrected chi connectivity index (χ2v) is 12.2. The number of rotatable bonds is 27. The fourth-order valence-corrected chi connectivity index (χ4v) is 6.83. The normalized spacial score (nSPS) is 13.5. The van der Waals surface area contributed by atoms with Crippen LogP contribution in [0.3, 0.4) is 0 Å². The highest BCUT2D eigenvalue weighted by Crippen LogP contribution is 2.27. The molecule has 2 atom stereocenters. The molecule has 2 N–H and O–H groups in total. The molecule has 0 aliphatic rings. The maximum Gasteiger partial charge on any atom is 0.0561 e. The molecule has 0 aliphatic heterocycles. The maximum atomic E-state index is 9.82. The predicted molar refractivity (Wildman–Crippen MR) is 150 cm³/mol. The summed E-state index contributed by atoms with van der Waals surface area (Å²) >= 11 is 3.77. The van der Waals surface area contributed by atoms with Crippen LogP contribution in [0.4, 0.5) is 0 Å². The summed E-state index contributed by atoms with van der Waals surface area (Å²) in [7, 11) is 0. The largest absolute Gasteiger partial charge is 0.395 e. The van der Waals surface area contributed by atoms with Crippen molar-refractivity contribution in [3.63, 3.8) is 0 Å². The molecule has 0 rings (SSSR count). The van der Waals surface area contributed by atoms with Gasteiger partial charge in [-0.1, -0.05) is 129 Å². The minimum atomic E-state index is 0.187. The Labute approximate surface area is 210 Å². The van der Waals surface area contributed by atoms with Crippen molar-refractivity contribution in [1.29, 1.82) is 0 Å². The second-order valence-electron chi connectivity index (χ2n) is 9.55. The van der Waals surface area contributed by atoms with Gasteiger partial charge in [-0.2, -0.15) is 23.5 Å². The van der Waals surface area contributed by atoms with Gasteiger partial charge in [-0.3, -0.25) is 0 Å². The maximum absolute atomic E-state index is 9.82. The molecule has 0 aromatic rings. The number of thioether (sulfide) groups is 2. The van der Waals surface area contributed by atoms with E-state index in [9.17, 15) is 10.2 Å². The third-order valence-corrected chi connectivity index (χ3v) is 9.47. The minimum Gasteiger partial charge on any atom is -0.395 e. The molecular formula is C28H58O2S2. The summed E-state index contributed by atoms with van der Waals surface area (Å²) in [6.45, 7) is 4.94. The highest BCUT2D eigenvalue weighted by molar-refractivity contribution is 8.03. The number of hydrogen-bond donors (Lipinski definition) is 2. The highest BCUT2D eigenvalue weighted by atomic mass is 32.2. The fraction of sp³-hybridized carbons (Fsp3) is 1.00. The van der Waals surface area contributed by atoms with Gasteiger partial charge in [-0.25, -0.2) is 0 Å². The lowest BCUT2D eigenvalue weighted by Crippen LogP contribution is -2.28. The first-order valence-electron chi connectivity index (χ1n) is 14.2. The van der Waals surface area contributed by atoms with Crippen LogP contribution in [0, 0.1) is 0 Å². The number of aliphatic hydroxyl groups excluding tert-OH is 2. The van der Waals surface area contributed by atoms with Crippen molar-refractivity contribution in [2.75, 3.05) is 24.7 Å². The molecule has 0 saturated carbocycles. The molecule has 0 radical (unpaired) electrons. The van der Waals surface area contributed by atoms with Gasteiger partial charge in [0.15, 0.2) is 0 Å². The summed E-state index contributed by atoms with van der Waals surface area (Å²) < 4.78 is 0. The molecule has 0 fully saturated rings. The quantitative estimate of drug-likeness (QED) is 0.113. The van der Waals surface area contributed by atoms with Crippen LogP contribution in [0.2, 0.25) is 0 Å². The summed E-state index contributed by atoms with van der Waals surface area (Å²) in [5, 5.41) is 20.0. The zero-order valence-corrected chi connectivity index (χ0v) is 23.5. The van der Waals surface area contributed by atoms with E-state index in [0.717, 1.165) is 11.5 Å². The zero-order valence-electron chi connectivity index (χ0n) is 21.8. The summed E-state index contributed by atoms with van der Waals surface area (Å²) in [5.41, 5.74) is 0. The Bertz CT molecular complexity index is 309. The van der Waals surface area contributed by atoms with Crippen molar-refractivity contribution in [2.45, 2.75) is 153 Å². The van der Waals surface area contributed by atoms with E-state index in [-0.39, 0.29) is 23.7 Å². The van der Waals surface area contributed by atoms with Crippen molar-refractivity contribution in [3.8, 4) is 0 Å². The number of unbranched alkanes of at least 4 members (excludes halogenated alkanes) is 18. The van der Waals surface area contributed by atoms with Gasteiger partial charge >= 0.3 is 0 Å². The van der Waals surface area contributed by atoms with Crippen LogP contribution >= 0.6 is 23.5 Å². The topological polar surface area (TPSA) is 40.5 Å². The van der Waals surface area contributed by atoms with Crippen molar-refractivity contribution in [2.24, 2.45) is 0 Å². The molecule has 0 spiro atoms. The summed E-state index contributed by atoms with van der Waals surface area (Å²) in [5.74, 6) is 2.24. The average Bonchev–Trinajstić information content (AvgIpc) is 2.81. The van der Waals surface area contributed by atoms with Gasteiger partial charge in [0, 0.05) is 10.5 Å². The van der Waals surface area contributed by atoms with Crippen LogP contribution in [-0.4, -0.2) is 45.4 Å². The van der Waals surface area contributed by atoms with Crippen LogP contribution in [0.25, 0.3) is 0 Å². The first-order chi connectivity index (χ1) is 15.8. The number of hydrogen-bond acceptors (Lipinski definition) is 4. The Kier molecular flexibility index (Phi) is 28.4. The summed E-state index contributed by atoms with van der Waals surface area (Å²) in [6.07, 6.45) is 27.4. The molecule has 0 aromatic carbocycles. The third-order valence-electron chi connectivity index (χ3n) is 6.43. The Hall–Kier alpha value is 0.620. The highest BCUT2D eigenvalue weighted by Gasteiger charge is 2.20. The lowest BCUT2D eigenvalue weighted by Gasteiger charge is -2.23. The molecule has 0 amide bonds. The molecule has 0 saturated heterocycles. The van der Waals surface area contributed by atoms with Crippen LogP contribution in [0.5, 0.6) is 0 Å². The molecule has 0 aromatic heterocycles. The van der Waals surface area contributed by atoms with Crippen LogP contribution in [0.15, 0.2) is 0 Å². The lowest BCUT2D eigenvalue weighted by molar-refractivity contribution is 0.253. The van der Waals surface area contributed by atoms with Gasteiger partial charge < -0.3 is 10.2 Å². The second kappa shape index (κ2) is 27.9. The van der Waals surface area contributed by atoms with E-state index in [2.05, 4.69) is 13.8 Å². The predicted octanol–water partition coefficient (Wildman–Crippen LogP) is 9.02. The summed E-state index contributed by atoms with van der Waals surface area (Å²) in [4.78, 5) is 0. The van der Waals surface area contributed by atoms with Crippen molar-refractivity contribution in [3.05, 3.63) is 0 Å². The van der Waals surface area contributed by atoms with Crippen molar-refractivity contribution < 1.29 is 10.2 Å². The minimum absolute atomic E-state index is 0.187. The van der Waals surface area contributed by atoms with Gasteiger partial charge in [-0.15, -0.1) is 0 Å². The van der Waals surface area contributed by atoms with E-state index in [0.29, 0.717) is 0 Å². The van der Waals surface area contributed by atoms with Crippen molar-refractivity contribution >= 4 is 23.5 Å². The smallest absolute Gasteiger partial charge is 0.0561 e. The van der Waals surface area contributed by atoms with E-state index in [1.54, 1.807) is 0 Å². The van der Waals surface area contributed by atoms with E-state index < -0.39 is 0 Å². The van der Waals surface area contributed by atoms with E-state index in [1.807, 2.05) is 23.5 Å². The third kappa shape index (κ3) is 22.4. The van der Waals surface area contributed by atoms with Gasteiger partial charge in [0.05, 0.1) is 13.2 Å². The van der Waals surface area contributed by atoms with E-state index in [4.69, 9.17) is 0 Å². The van der Waals surface area contributed by atoms with Crippen molar-refractivity contribution in [1.82, 2.24) is 0 Å². The fourth-order valence-electron chi connectivity index (χ4n) is 4.20. The lowest BCUT2D eigenvalue weighted by atomic mass is 10.1. The first kappa shape index (κ1) is 32.6. The molecule has 2 unspecified atom stereocenters. The molecule has 32 heavy (non-hydrogen) atoms. The average molecular weight is 491 g/mol. The van der Waals surface area contributed by atoms with Gasteiger partial charge in [0.1, 0.15) is 0 Å². The standard InChI is InChI=1S/C28H58O2S2/c1-3-5-7-9-11-13-15-17-19-21-23-31-27(25-29)28(26-30)32-24-22-20-18-16-14-12-10-8-6-4-2/h27-30H,3-26H2,1-2H3. The van der Waals surface area contributed by atoms with E-state index >= 15 is 0 Å². The molecule has 0 bridgehead atoms. The molecule has 0 heterocycles. The Morgan fingerprint density at radius 3 is 0.906 bits per heavy atom. The Balaban J connectivity index is 3.59. The summed E-state index contributed by atoms with van der Waals surface area (Å²) in [6, 6.07) is 0. The molecule has 2 nitrogen and oxygen atoms in total. The van der Waals surface area contributed by atoms with Gasteiger partial charge in [-0.05, 0) is 24.3 Å². The molecular weight excluding hydrogens is 432 g/mol.